The first-order valence-electron chi connectivity index (χ1n) is 7.91. The Bertz CT molecular complexity index is 1120. The lowest BCUT2D eigenvalue weighted by molar-refractivity contribution is 1.12. The highest BCUT2D eigenvalue weighted by Gasteiger charge is 2.16. The fourth-order valence-electron chi connectivity index (χ4n) is 3.05. The molecule has 3 aromatic heterocycles. The van der Waals surface area contributed by atoms with Gasteiger partial charge in [-0.3, -0.25) is 10.1 Å². The quantitative estimate of drug-likeness (QED) is 0.563. The summed E-state index contributed by atoms with van der Waals surface area (Å²) in [7, 11) is 0. The van der Waals surface area contributed by atoms with Gasteiger partial charge in [0.15, 0.2) is 0 Å². The molecular weight excluding hydrogens is 334 g/mol. The summed E-state index contributed by atoms with van der Waals surface area (Å²) < 4.78 is 0. The van der Waals surface area contributed by atoms with Gasteiger partial charge in [-0.1, -0.05) is 24.6 Å². The van der Waals surface area contributed by atoms with Crippen LogP contribution in [0.2, 0.25) is 5.02 Å². The third kappa shape index (κ3) is 2.57. The van der Waals surface area contributed by atoms with Crippen LogP contribution in [0.5, 0.6) is 0 Å². The van der Waals surface area contributed by atoms with Crippen LogP contribution < -0.4 is 0 Å². The molecule has 0 spiro atoms. The third-order valence-corrected chi connectivity index (χ3v) is 4.52. The van der Waals surface area contributed by atoms with Gasteiger partial charge in [0.05, 0.1) is 34.4 Å². The number of rotatable bonds is 3. The molecular formula is C19H14ClN5. The van der Waals surface area contributed by atoms with Crippen molar-refractivity contribution >= 4 is 22.5 Å². The zero-order valence-electron chi connectivity index (χ0n) is 13.5. The van der Waals surface area contributed by atoms with E-state index in [4.69, 9.17) is 11.6 Å². The van der Waals surface area contributed by atoms with E-state index in [0.29, 0.717) is 10.6 Å². The van der Waals surface area contributed by atoms with Crippen molar-refractivity contribution in [1.82, 2.24) is 20.2 Å². The van der Waals surface area contributed by atoms with Gasteiger partial charge in [0.25, 0.3) is 0 Å². The van der Waals surface area contributed by atoms with Crippen LogP contribution in [-0.2, 0) is 6.42 Å². The summed E-state index contributed by atoms with van der Waals surface area (Å²) >= 11 is 6.18. The molecule has 4 rings (SSSR count). The van der Waals surface area contributed by atoms with Gasteiger partial charge in [0.1, 0.15) is 6.07 Å². The highest BCUT2D eigenvalue weighted by Crippen LogP contribution is 2.33. The zero-order valence-corrected chi connectivity index (χ0v) is 14.2. The van der Waals surface area contributed by atoms with E-state index in [1.807, 2.05) is 30.3 Å². The molecule has 25 heavy (non-hydrogen) atoms. The fourth-order valence-corrected chi connectivity index (χ4v) is 3.23. The lowest BCUT2D eigenvalue weighted by atomic mass is 10.0. The molecule has 122 valence electrons. The topological polar surface area (TPSA) is 81.2 Å². The van der Waals surface area contributed by atoms with Gasteiger partial charge < -0.3 is 4.98 Å². The summed E-state index contributed by atoms with van der Waals surface area (Å²) in [5, 5.41) is 18.2. The number of nitriles is 1. The zero-order chi connectivity index (χ0) is 17.4. The molecule has 3 heterocycles. The molecule has 5 nitrogen and oxygen atoms in total. The van der Waals surface area contributed by atoms with Crippen LogP contribution in [0.3, 0.4) is 0 Å². The first kappa shape index (κ1) is 15.4. The van der Waals surface area contributed by atoms with Crippen LogP contribution in [0.1, 0.15) is 18.1 Å². The van der Waals surface area contributed by atoms with E-state index in [2.05, 4.69) is 33.2 Å². The Kier molecular flexibility index (Phi) is 3.75. The van der Waals surface area contributed by atoms with E-state index in [-0.39, 0.29) is 0 Å². The smallest absolute Gasteiger partial charge is 0.101 e. The van der Waals surface area contributed by atoms with Crippen molar-refractivity contribution in [2.24, 2.45) is 0 Å². The molecule has 0 aliphatic carbocycles. The maximum atomic E-state index is 9.60. The number of aromatic amines is 2. The van der Waals surface area contributed by atoms with Crippen LogP contribution in [0.25, 0.3) is 33.5 Å². The summed E-state index contributed by atoms with van der Waals surface area (Å²) in [5.41, 5.74) is 5.83. The molecule has 0 aliphatic heterocycles. The minimum absolute atomic E-state index is 0.564. The number of fused-ring (bicyclic) bond motifs is 1. The van der Waals surface area contributed by atoms with Crippen molar-refractivity contribution in [3.8, 4) is 28.7 Å². The van der Waals surface area contributed by atoms with Gasteiger partial charge in [-0.05, 0) is 36.2 Å². The molecule has 0 saturated carbocycles. The maximum Gasteiger partial charge on any atom is 0.101 e. The van der Waals surface area contributed by atoms with Crippen molar-refractivity contribution in [3.63, 3.8) is 0 Å². The van der Waals surface area contributed by atoms with Gasteiger partial charge in [0, 0.05) is 22.2 Å². The summed E-state index contributed by atoms with van der Waals surface area (Å²) in [4.78, 5) is 7.83. The van der Waals surface area contributed by atoms with Crippen LogP contribution in [-0.4, -0.2) is 20.2 Å². The Hall–Kier alpha value is -3.10. The van der Waals surface area contributed by atoms with Gasteiger partial charge in [-0.25, -0.2) is 0 Å². The number of benzene rings is 1. The van der Waals surface area contributed by atoms with Crippen LogP contribution in [0.4, 0.5) is 0 Å². The summed E-state index contributed by atoms with van der Waals surface area (Å²) in [6, 6.07) is 11.7. The monoisotopic (exact) mass is 347 g/mol. The third-order valence-electron chi connectivity index (χ3n) is 4.28. The van der Waals surface area contributed by atoms with Gasteiger partial charge in [0.2, 0.25) is 0 Å². The van der Waals surface area contributed by atoms with Crippen LogP contribution in [0.15, 0.2) is 42.7 Å². The Balaban J connectivity index is 1.94. The number of hydrogen-bond acceptors (Lipinski definition) is 3. The largest absolute Gasteiger partial charge is 0.352 e. The number of nitrogens with zero attached hydrogens (tertiary/aromatic N) is 3. The number of hydrogen-bond donors (Lipinski definition) is 2. The second-order valence-electron chi connectivity index (χ2n) is 5.73. The Morgan fingerprint density at radius 3 is 2.92 bits per heavy atom. The first-order chi connectivity index (χ1) is 12.2. The van der Waals surface area contributed by atoms with Crippen LogP contribution >= 0.6 is 11.6 Å². The molecule has 4 aromatic rings. The molecule has 6 heteroatoms. The van der Waals surface area contributed by atoms with E-state index in [9.17, 15) is 5.26 Å². The van der Waals surface area contributed by atoms with Crippen molar-refractivity contribution in [1.29, 1.82) is 5.26 Å². The molecule has 2 N–H and O–H groups in total. The SMILES string of the molecule is CCc1ccc(Cl)cc1-c1[nH]c(-c2nccc3[nH]ncc23)cc1C#N. The van der Waals surface area contributed by atoms with E-state index in [0.717, 1.165) is 45.5 Å². The standard InChI is InChI=1S/C19H14ClN5/c1-2-11-3-4-13(20)8-14(11)18-12(9-21)7-17(24-18)19-15-10-23-25-16(15)5-6-22-19/h3-8,10,24H,2H2,1H3,(H,23,25). The number of halogens is 1. The molecule has 0 fully saturated rings. The molecule has 0 aliphatic rings. The molecule has 0 bridgehead atoms. The highest BCUT2D eigenvalue weighted by molar-refractivity contribution is 6.30. The lowest BCUT2D eigenvalue weighted by Crippen LogP contribution is -1.90. The van der Waals surface area contributed by atoms with E-state index in [1.54, 1.807) is 12.4 Å². The van der Waals surface area contributed by atoms with Crippen LogP contribution in [0, 0.1) is 11.3 Å². The van der Waals surface area contributed by atoms with Crippen molar-refractivity contribution in [3.05, 3.63) is 58.9 Å². The second kappa shape index (κ2) is 6.08. The fraction of sp³-hybridized carbons (Fsp3) is 0.105. The van der Waals surface area contributed by atoms with E-state index in [1.165, 1.54) is 0 Å². The number of aryl methyl sites for hydroxylation is 1. The van der Waals surface area contributed by atoms with Crippen molar-refractivity contribution < 1.29 is 0 Å². The maximum absolute atomic E-state index is 9.60. The summed E-state index contributed by atoms with van der Waals surface area (Å²) in [6.07, 6.45) is 4.31. The average Bonchev–Trinajstić information content (AvgIpc) is 3.28. The lowest BCUT2D eigenvalue weighted by Gasteiger charge is -2.08. The van der Waals surface area contributed by atoms with Gasteiger partial charge in [-0.15, -0.1) is 0 Å². The molecule has 1 aromatic carbocycles. The number of nitrogens with one attached hydrogen (secondary N) is 2. The number of pyridine rings is 1. The molecule has 0 unspecified atom stereocenters. The average molecular weight is 348 g/mol. The van der Waals surface area contributed by atoms with Crippen molar-refractivity contribution in [2.45, 2.75) is 13.3 Å². The van der Waals surface area contributed by atoms with Gasteiger partial charge >= 0.3 is 0 Å². The summed E-state index contributed by atoms with van der Waals surface area (Å²) in [5.74, 6) is 0. The van der Waals surface area contributed by atoms with Crippen molar-refractivity contribution in [2.75, 3.05) is 0 Å². The van der Waals surface area contributed by atoms with E-state index < -0.39 is 0 Å². The molecule has 0 amide bonds. The second-order valence-corrected chi connectivity index (χ2v) is 6.17. The first-order valence-corrected chi connectivity index (χ1v) is 8.29. The predicted molar refractivity (Wildman–Crippen MR) is 98.2 cm³/mol. The number of aromatic nitrogens is 4. The summed E-state index contributed by atoms with van der Waals surface area (Å²) in [6.45, 7) is 2.08. The van der Waals surface area contributed by atoms with E-state index >= 15 is 0 Å². The molecule has 0 saturated heterocycles. The Morgan fingerprint density at radius 1 is 1.24 bits per heavy atom. The van der Waals surface area contributed by atoms with Gasteiger partial charge in [-0.2, -0.15) is 10.4 Å². The predicted octanol–water partition coefficient (Wildman–Crippen LogP) is 4.71. The normalized spacial score (nSPS) is 10.9. The minimum Gasteiger partial charge on any atom is -0.352 e. The molecule has 0 atom stereocenters. The molecule has 0 radical (unpaired) electrons. The minimum atomic E-state index is 0.564. The highest BCUT2D eigenvalue weighted by atomic mass is 35.5. The Labute approximate surface area is 149 Å². The number of H-pyrrole nitrogens is 2. The Morgan fingerprint density at radius 2 is 2.12 bits per heavy atom.